The summed E-state index contributed by atoms with van der Waals surface area (Å²) < 4.78 is 0. The smallest absolute Gasteiger partial charge is 0.237 e. The topological polar surface area (TPSA) is 41.1 Å². The standard InChI is InChI=1S/C14H26N2O/c1-5-8-9-10-11-15-12(4)14(17)16-13(6-2)7-3/h1,12-13,15H,6-11H2,2-4H3,(H,16,17). The van der Waals surface area contributed by atoms with Crippen molar-refractivity contribution >= 4 is 5.91 Å². The number of hydrogen-bond acceptors (Lipinski definition) is 2. The highest BCUT2D eigenvalue weighted by molar-refractivity contribution is 5.81. The van der Waals surface area contributed by atoms with Crippen LogP contribution in [0, 0.1) is 12.3 Å². The van der Waals surface area contributed by atoms with Gasteiger partial charge in [-0.05, 0) is 39.2 Å². The molecule has 0 aliphatic rings. The van der Waals surface area contributed by atoms with Gasteiger partial charge in [0.15, 0.2) is 0 Å². The summed E-state index contributed by atoms with van der Waals surface area (Å²) in [6, 6.07) is 0.176. The maximum Gasteiger partial charge on any atom is 0.237 e. The molecular weight excluding hydrogens is 212 g/mol. The van der Waals surface area contributed by atoms with E-state index in [-0.39, 0.29) is 11.9 Å². The van der Waals surface area contributed by atoms with Gasteiger partial charge in [-0.15, -0.1) is 12.3 Å². The highest BCUT2D eigenvalue weighted by atomic mass is 16.2. The number of terminal acetylenes is 1. The predicted octanol–water partition coefficient (Wildman–Crippen LogP) is 2.07. The van der Waals surface area contributed by atoms with Crippen LogP contribution in [-0.4, -0.2) is 24.5 Å². The average molecular weight is 238 g/mol. The van der Waals surface area contributed by atoms with Gasteiger partial charge >= 0.3 is 0 Å². The van der Waals surface area contributed by atoms with Gasteiger partial charge in [-0.25, -0.2) is 0 Å². The van der Waals surface area contributed by atoms with Crippen LogP contribution in [0.4, 0.5) is 0 Å². The van der Waals surface area contributed by atoms with E-state index in [4.69, 9.17) is 6.42 Å². The molecular formula is C14H26N2O. The number of carbonyl (C=O) groups is 1. The van der Waals surface area contributed by atoms with E-state index < -0.39 is 0 Å². The normalized spacial score (nSPS) is 12.2. The van der Waals surface area contributed by atoms with Gasteiger partial charge in [0.05, 0.1) is 6.04 Å². The molecule has 1 atom stereocenters. The molecule has 3 heteroatoms. The molecule has 0 rings (SSSR count). The van der Waals surface area contributed by atoms with Crippen LogP contribution >= 0.6 is 0 Å². The van der Waals surface area contributed by atoms with E-state index in [0.717, 1.165) is 38.6 Å². The summed E-state index contributed by atoms with van der Waals surface area (Å²) in [5, 5.41) is 6.25. The van der Waals surface area contributed by atoms with E-state index in [9.17, 15) is 4.79 Å². The molecule has 0 aliphatic heterocycles. The number of hydrogen-bond donors (Lipinski definition) is 2. The lowest BCUT2D eigenvalue weighted by Crippen LogP contribution is -2.46. The molecule has 0 bridgehead atoms. The first-order valence-electron chi connectivity index (χ1n) is 6.62. The number of rotatable bonds is 9. The summed E-state index contributed by atoms with van der Waals surface area (Å²) in [6.07, 6.45) is 9.99. The molecule has 0 heterocycles. The molecule has 0 radical (unpaired) electrons. The maximum absolute atomic E-state index is 11.8. The molecule has 0 aromatic carbocycles. The Labute approximate surface area is 106 Å². The minimum Gasteiger partial charge on any atom is -0.352 e. The fraction of sp³-hybridized carbons (Fsp3) is 0.786. The van der Waals surface area contributed by atoms with Crippen LogP contribution in [0.1, 0.15) is 52.9 Å². The molecule has 17 heavy (non-hydrogen) atoms. The third kappa shape index (κ3) is 7.82. The van der Waals surface area contributed by atoms with Crippen LogP contribution < -0.4 is 10.6 Å². The van der Waals surface area contributed by atoms with Crippen molar-refractivity contribution in [1.29, 1.82) is 0 Å². The lowest BCUT2D eigenvalue weighted by atomic mass is 10.1. The molecule has 0 aromatic rings. The molecule has 0 saturated heterocycles. The third-order valence-electron chi connectivity index (χ3n) is 2.92. The van der Waals surface area contributed by atoms with E-state index >= 15 is 0 Å². The maximum atomic E-state index is 11.8. The Hall–Kier alpha value is -1.01. The highest BCUT2D eigenvalue weighted by Gasteiger charge is 2.14. The summed E-state index contributed by atoms with van der Waals surface area (Å²) in [7, 11) is 0. The summed E-state index contributed by atoms with van der Waals surface area (Å²) in [6.45, 7) is 6.93. The van der Waals surface area contributed by atoms with Crippen LogP contribution in [0.5, 0.6) is 0 Å². The first-order chi connectivity index (χ1) is 8.15. The predicted molar refractivity (Wildman–Crippen MR) is 72.7 cm³/mol. The minimum atomic E-state index is -0.124. The van der Waals surface area contributed by atoms with Crippen molar-refractivity contribution in [3.05, 3.63) is 0 Å². The van der Waals surface area contributed by atoms with Crippen LogP contribution in [-0.2, 0) is 4.79 Å². The fourth-order valence-electron chi connectivity index (χ4n) is 1.58. The quantitative estimate of drug-likeness (QED) is 0.477. The Morgan fingerprint density at radius 3 is 2.47 bits per heavy atom. The zero-order chi connectivity index (χ0) is 13.1. The zero-order valence-corrected chi connectivity index (χ0v) is 11.4. The Morgan fingerprint density at radius 2 is 1.94 bits per heavy atom. The van der Waals surface area contributed by atoms with Crippen LogP contribution in [0.25, 0.3) is 0 Å². The third-order valence-corrected chi connectivity index (χ3v) is 2.92. The summed E-state index contributed by atoms with van der Waals surface area (Å²) in [5.74, 6) is 2.71. The zero-order valence-electron chi connectivity index (χ0n) is 11.4. The van der Waals surface area contributed by atoms with Crippen LogP contribution in [0.2, 0.25) is 0 Å². The second-order valence-corrected chi connectivity index (χ2v) is 4.36. The Kier molecular flexibility index (Phi) is 9.56. The molecule has 1 amide bonds. The van der Waals surface area contributed by atoms with Gasteiger partial charge in [0.2, 0.25) is 5.91 Å². The number of unbranched alkanes of at least 4 members (excludes halogenated alkanes) is 2. The molecule has 98 valence electrons. The SMILES string of the molecule is C#CCCCCNC(C)C(=O)NC(CC)CC. The van der Waals surface area contributed by atoms with Gasteiger partial charge in [-0.3, -0.25) is 4.79 Å². The summed E-state index contributed by atoms with van der Waals surface area (Å²) in [5.41, 5.74) is 0. The molecule has 0 fully saturated rings. The highest BCUT2D eigenvalue weighted by Crippen LogP contribution is 1.97. The second kappa shape index (κ2) is 10.2. The van der Waals surface area contributed by atoms with Crippen molar-refractivity contribution < 1.29 is 4.79 Å². The van der Waals surface area contributed by atoms with Gasteiger partial charge in [0, 0.05) is 12.5 Å². The summed E-state index contributed by atoms with van der Waals surface area (Å²) in [4.78, 5) is 11.8. The molecule has 2 N–H and O–H groups in total. The lowest BCUT2D eigenvalue weighted by molar-refractivity contribution is -0.123. The molecule has 3 nitrogen and oxygen atoms in total. The van der Waals surface area contributed by atoms with Crippen molar-refractivity contribution in [2.45, 2.75) is 65.0 Å². The Balaban J connectivity index is 3.71. The fourth-order valence-corrected chi connectivity index (χ4v) is 1.58. The monoisotopic (exact) mass is 238 g/mol. The van der Waals surface area contributed by atoms with Gasteiger partial charge in [-0.1, -0.05) is 13.8 Å². The number of amides is 1. The number of nitrogens with one attached hydrogen (secondary N) is 2. The van der Waals surface area contributed by atoms with E-state index in [1.54, 1.807) is 0 Å². The molecule has 0 aromatic heterocycles. The van der Waals surface area contributed by atoms with Gasteiger partial charge in [-0.2, -0.15) is 0 Å². The lowest BCUT2D eigenvalue weighted by Gasteiger charge is -2.19. The van der Waals surface area contributed by atoms with Crippen molar-refractivity contribution in [2.24, 2.45) is 0 Å². The van der Waals surface area contributed by atoms with Crippen LogP contribution in [0.15, 0.2) is 0 Å². The van der Waals surface area contributed by atoms with Crippen molar-refractivity contribution in [1.82, 2.24) is 10.6 Å². The molecule has 1 unspecified atom stereocenters. The number of carbonyl (C=O) groups excluding carboxylic acids is 1. The largest absolute Gasteiger partial charge is 0.352 e. The van der Waals surface area contributed by atoms with E-state index in [2.05, 4.69) is 30.4 Å². The first-order valence-corrected chi connectivity index (χ1v) is 6.62. The minimum absolute atomic E-state index is 0.0932. The van der Waals surface area contributed by atoms with Crippen molar-refractivity contribution in [3.63, 3.8) is 0 Å². The van der Waals surface area contributed by atoms with E-state index in [1.807, 2.05) is 6.92 Å². The van der Waals surface area contributed by atoms with Crippen molar-refractivity contribution in [2.75, 3.05) is 6.54 Å². The first kappa shape index (κ1) is 16.0. The van der Waals surface area contributed by atoms with E-state index in [0.29, 0.717) is 6.04 Å². The van der Waals surface area contributed by atoms with E-state index in [1.165, 1.54) is 0 Å². The van der Waals surface area contributed by atoms with Crippen LogP contribution in [0.3, 0.4) is 0 Å². The average Bonchev–Trinajstić information content (AvgIpc) is 2.35. The van der Waals surface area contributed by atoms with Gasteiger partial charge in [0.1, 0.15) is 0 Å². The van der Waals surface area contributed by atoms with Gasteiger partial charge in [0.25, 0.3) is 0 Å². The molecule has 0 spiro atoms. The Morgan fingerprint density at radius 1 is 1.29 bits per heavy atom. The van der Waals surface area contributed by atoms with Crippen molar-refractivity contribution in [3.8, 4) is 12.3 Å². The molecule has 0 aliphatic carbocycles. The second-order valence-electron chi connectivity index (χ2n) is 4.36. The summed E-state index contributed by atoms with van der Waals surface area (Å²) >= 11 is 0. The van der Waals surface area contributed by atoms with Gasteiger partial charge < -0.3 is 10.6 Å². The Bertz CT molecular complexity index is 241. The molecule has 0 saturated carbocycles.